The lowest BCUT2D eigenvalue weighted by Gasteiger charge is -2.08. The summed E-state index contributed by atoms with van der Waals surface area (Å²) >= 11 is 0. The van der Waals surface area contributed by atoms with Crippen LogP contribution in [0.15, 0.2) is 54.6 Å². The Hall–Kier alpha value is -2.62. The van der Waals surface area contributed by atoms with Crippen molar-refractivity contribution in [2.24, 2.45) is 0 Å². The van der Waals surface area contributed by atoms with E-state index >= 15 is 0 Å². The van der Waals surface area contributed by atoms with Gasteiger partial charge in [-0.05, 0) is 41.5 Å². The van der Waals surface area contributed by atoms with E-state index in [1.165, 1.54) is 18.2 Å². The summed E-state index contributed by atoms with van der Waals surface area (Å²) in [6.07, 6.45) is 2.60. The second-order valence-corrected chi connectivity index (χ2v) is 4.11. The monoisotopic (exact) mass is 272 g/mol. The van der Waals surface area contributed by atoms with Crippen LogP contribution >= 0.6 is 0 Å². The summed E-state index contributed by atoms with van der Waals surface area (Å²) in [4.78, 5) is 10.5. The molecular formula is C16H13FO3. The standard InChI is InChI=1S/C16H13FO3/c17-14-6-8-15(9-7-14)20-11-13-4-2-1-3-12(13)5-10-16(18)19/h1-10H,11H2,(H,18,19). The zero-order valence-corrected chi connectivity index (χ0v) is 10.6. The van der Waals surface area contributed by atoms with Gasteiger partial charge in [0, 0.05) is 6.08 Å². The molecule has 0 aliphatic heterocycles. The molecular weight excluding hydrogens is 259 g/mol. The molecule has 0 fully saturated rings. The molecule has 1 N–H and O–H groups in total. The number of hydrogen-bond acceptors (Lipinski definition) is 2. The van der Waals surface area contributed by atoms with Crippen molar-refractivity contribution in [2.45, 2.75) is 6.61 Å². The molecule has 0 atom stereocenters. The molecule has 2 rings (SSSR count). The smallest absolute Gasteiger partial charge is 0.328 e. The van der Waals surface area contributed by atoms with Crippen molar-refractivity contribution in [1.82, 2.24) is 0 Å². The summed E-state index contributed by atoms with van der Waals surface area (Å²) in [5.41, 5.74) is 1.63. The first-order valence-electron chi connectivity index (χ1n) is 6.02. The number of carboxylic acids is 1. The maximum absolute atomic E-state index is 12.8. The van der Waals surface area contributed by atoms with Crippen molar-refractivity contribution in [3.63, 3.8) is 0 Å². The van der Waals surface area contributed by atoms with Gasteiger partial charge in [0.15, 0.2) is 0 Å². The van der Waals surface area contributed by atoms with E-state index in [1.54, 1.807) is 12.1 Å². The molecule has 0 aliphatic carbocycles. The molecule has 0 saturated carbocycles. The third-order valence-electron chi connectivity index (χ3n) is 2.67. The second-order valence-electron chi connectivity index (χ2n) is 4.11. The van der Waals surface area contributed by atoms with E-state index in [-0.39, 0.29) is 12.4 Å². The summed E-state index contributed by atoms with van der Waals surface area (Å²) in [5.74, 6) is -0.759. The van der Waals surface area contributed by atoms with Gasteiger partial charge in [-0.2, -0.15) is 0 Å². The Morgan fingerprint density at radius 1 is 1.15 bits per heavy atom. The molecule has 0 heterocycles. The Morgan fingerprint density at radius 3 is 2.55 bits per heavy atom. The second kappa shape index (κ2) is 6.52. The van der Waals surface area contributed by atoms with Crippen LogP contribution in [0.5, 0.6) is 5.75 Å². The van der Waals surface area contributed by atoms with E-state index in [1.807, 2.05) is 24.3 Å². The molecule has 0 unspecified atom stereocenters. The summed E-state index contributed by atoms with van der Waals surface area (Å²) in [5, 5.41) is 8.65. The number of benzene rings is 2. The molecule has 102 valence electrons. The fourth-order valence-corrected chi connectivity index (χ4v) is 1.68. The summed E-state index contributed by atoms with van der Waals surface area (Å²) in [6.45, 7) is 0.283. The highest BCUT2D eigenvalue weighted by Gasteiger charge is 2.01. The minimum Gasteiger partial charge on any atom is -0.489 e. The largest absolute Gasteiger partial charge is 0.489 e. The summed E-state index contributed by atoms with van der Waals surface area (Å²) in [7, 11) is 0. The molecule has 2 aromatic carbocycles. The van der Waals surface area contributed by atoms with Crippen LogP contribution in [-0.4, -0.2) is 11.1 Å². The molecule has 0 bridgehead atoms. The fraction of sp³-hybridized carbons (Fsp3) is 0.0625. The van der Waals surface area contributed by atoms with Crippen LogP contribution in [0.4, 0.5) is 4.39 Å². The predicted octanol–water partition coefficient (Wildman–Crippen LogP) is 3.50. The van der Waals surface area contributed by atoms with Crippen molar-refractivity contribution in [3.05, 3.63) is 71.6 Å². The number of carbonyl (C=O) groups is 1. The number of halogens is 1. The number of hydrogen-bond donors (Lipinski definition) is 1. The maximum atomic E-state index is 12.8. The van der Waals surface area contributed by atoms with Crippen LogP contribution in [0, 0.1) is 5.82 Å². The highest BCUT2D eigenvalue weighted by atomic mass is 19.1. The number of aliphatic carboxylic acids is 1. The highest BCUT2D eigenvalue weighted by molar-refractivity contribution is 5.85. The zero-order valence-electron chi connectivity index (χ0n) is 10.6. The van der Waals surface area contributed by atoms with Gasteiger partial charge in [-0.1, -0.05) is 24.3 Å². The van der Waals surface area contributed by atoms with Gasteiger partial charge < -0.3 is 9.84 Å². The predicted molar refractivity (Wildman–Crippen MR) is 73.8 cm³/mol. The Morgan fingerprint density at radius 2 is 1.85 bits per heavy atom. The van der Waals surface area contributed by atoms with Gasteiger partial charge in [-0.3, -0.25) is 0 Å². The average molecular weight is 272 g/mol. The van der Waals surface area contributed by atoms with E-state index in [0.717, 1.165) is 17.2 Å². The third-order valence-corrected chi connectivity index (χ3v) is 2.67. The van der Waals surface area contributed by atoms with Crippen LogP contribution in [-0.2, 0) is 11.4 Å². The average Bonchev–Trinajstić information content (AvgIpc) is 2.45. The number of carboxylic acid groups (broad SMARTS) is 1. The molecule has 0 spiro atoms. The Kier molecular flexibility index (Phi) is 4.50. The van der Waals surface area contributed by atoms with E-state index < -0.39 is 5.97 Å². The van der Waals surface area contributed by atoms with Crippen molar-refractivity contribution >= 4 is 12.0 Å². The zero-order chi connectivity index (χ0) is 14.4. The van der Waals surface area contributed by atoms with Gasteiger partial charge in [0.2, 0.25) is 0 Å². The molecule has 0 amide bonds. The molecule has 3 nitrogen and oxygen atoms in total. The SMILES string of the molecule is O=C(O)C=Cc1ccccc1COc1ccc(F)cc1. The summed E-state index contributed by atoms with van der Waals surface area (Å²) in [6, 6.07) is 13.1. The minimum absolute atomic E-state index is 0.283. The van der Waals surface area contributed by atoms with E-state index in [2.05, 4.69) is 0 Å². The van der Waals surface area contributed by atoms with Crippen LogP contribution in [0.1, 0.15) is 11.1 Å². The van der Waals surface area contributed by atoms with E-state index in [4.69, 9.17) is 9.84 Å². The number of ether oxygens (including phenoxy) is 1. The van der Waals surface area contributed by atoms with Gasteiger partial charge in [0.1, 0.15) is 18.2 Å². The third kappa shape index (κ3) is 3.95. The fourth-order valence-electron chi connectivity index (χ4n) is 1.68. The Balaban J connectivity index is 2.09. The first-order chi connectivity index (χ1) is 9.65. The lowest BCUT2D eigenvalue weighted by Crippen LogP contribution is -1.98. The van der Waals surface area contributed by atoms with Crippen molar-refractivity contribution in [1.29, 1.82) is 0 Å². The van der Waals surface area contributed by atoms with Gasteiger partial charge in [-0.15, -0.1) is 0 Å². The molecule has 0 radical (unpaired) electrons. The van der Waals surface area contributed by atoms with Crippen LogP contribution in [0.25, 0.3) is 6.08 Å². The van der Waals surface area contributed by atoms with Gasteiger partial charge in [-0.25, -0.2) is 9.18 Å². The van der Waals surface area contributed by atoms with E-state index in [9.17, 15) is 9.18 Å². The van der Waals surface area contributed by atoms with Gasteiger partial charge in [0.25, 0.3) is 0 Å². The van der Waals surface area contributed by atoms with Crippen LogP contribution in [0.3, 0.4) is 0 Å². The quantitative estimate of drug-likeness (QED) is 0.847. The lowest BCUT2D eigenvalue weighted by molar-refractivity contribution is -0.131. The molecule has 0 saturated heterocycles. The highest BCUT2D eigenvalue weighted by Crippen LogP contribution is 2.16. The molecule has 2 aromatic rings. The minimum atomic E-state index is -1.00. The lowest BCUT2D eigenvalue weighted by atomic mass is 10.1. The maximum Gasteiger partial charge on any atom is 0.328 e. The van der Waals surface area contributed by atoms with Gasteiger partial charge in [0.05, 0.1) is 0 Å². The summed E-state index contributed by atoms with van der Waals surface area (Å²) < 4.78 is 18.3. The molecule has 0 aromatic heterocycles. The molecule has 20 heavy (non-hydrogen) atoms. The van der Waals surface area contributed by atoms with E-state index in [0.29, 0.717) is 5.75 Å². The van der Waals surface area contributed by atoms with Crippen LogP contribution in [0.2, 0.25) is 0 Å². The van der Waals surface area contributed by atoms with Crippen molar-refractivity contribution in [3.8, 4) is 5.75 Å². The normalized spacial score (nSPS) is 10.7. The first kappa shape index (κ1) is 13.8. The first-order valence-corrected chi connectivity index (χ1v) is 6.02. The van der Waals surface area contributed by atoms with Crippen LogP contribution < -0.4 is 4.74 Å². The Bertz CT molecular complexity index is 618. The molecule has 4 heteroatoms. The molecule has 0 aliphatic rings. The van der Waals surface area contributed by atoms with Crippen molar-refractivity contribution < 1.29 is 19.0 Å². The topological polar surface area (TPSA) is 46.5 Å². The van der Waals surface area contributed by atoms with Crippen molar-refractivity contribution in [2.75, 3.05) is 0 Å². The van der Waals surface area contributed by atoms with Gasteiger partial charge >= 0.3 is 5.97 Å². The number of rotatable bonds is 5. The Labute approximate surface area is 115 Å².